The van der Waals surface area contributed by atoms with Gasteiger partial charge in [0.05, 0.1) is 6.10 Å². The van der Waals surface area contributed by atoms with E-state index in [9.17, 15) is 0 Å². The molecule has 0 heterocycles. The van der Waals surface area contributed by atoms with Crippen LogP contribution in [0.25, 0.3) is 0 Å². The molecule has 0 aromatic heterocycles. The van der Waals surface area contributed by atoms with E-state index in [4.69, 9.17) is 4.74 Å². The molecule has 0 bridgehead atoms. The van der Waals surface area contributed by atoms with E-state index in [1.807, 2.05) is 0 Å². The summed E-state index contributed by atoms with van der Waals surface area (Å²) in [7, 11) is 0. The van der Waals surface area contributed by atoms with Gasteiger partial charge < -0.3 is 4.74 Å². The highest BCUT2D eigenvalue weighted by molar-refractivity contribution is 5.01. The smallest absolute Gasteiger partial charge is 0.108 e. The van der Waals surface area contributed by atoms with Crippen LogP contribution in [0.2, 0.25) is 0 Å². The Morgan fingerprint density at radius 2 is 2.20 bits per heavy atom. The van der Waals surface area contributed by atoms with Gasteiger partial charge in [0.1, 0.15) is 6.61 Å². The SMILES string of the molecule is CC(C)C#CCOC1CC1. The molecule has 1 aliphatic rings. The molecule has 56 valence electrons. The van der Waals surface area contributed by atoms with Gasteiger partial charge in [-0.15, -0.1) is 0 Å². The summed E-state index contributed by atoms with van der Waals surface area (Å²) in [5.74, 6) is 6.51. The van der Waals surface area contributed by atoms with Gasteiger partial charge >= 0.3 is 0 Å². The molecule has 0 unspecified atom stereocenters. The molecule has 1 fully saturated rings. The zero-order valence-electron chi connectivity index (χ0n) is 6.68. The van der Waals surface area contributed by atoms with Crippen LogP contribution in [-0.4, -0.2) is 12.7 Å². The lowest BCUT2D eigenvalue weighted by Gasteiger charge is -1.92. The van der Waals surface area contributed by atoms with E-state index in [0.29, 0.717) is 18.6 Å². The number of ether oxygens (including phenoxy) is 1. The summed E-state index contributed by atoms with van der Waals surface area (Å²) in [4.78, 5) is 0. The monoisotopic (exact) mass is 138 g/mol. The highest BCUT2D eigenvalue weighted by Crippen LogP contribution is 2.22. The van der Waals surface area contributed by atoms with E-state index in [1.165, 1.54) is 12.8 Å². The maximum absolute atomic E-state index is 5.33. The van der Waals surface area contributed by atoms with Crippen LogP contribution in [0, 0.1) is 17.8 Å². The molecule has 0 aliphatic heterocycles. The van der Waals surface area contributed by atoms with Gasteiger partial charge in [-0.3, -0.25) is 0 Å². The van der Waals surface area contributed by atoms with Crippen LogP contribution in [0.15, 0.2) is 0 Å². The Labute approximate surface area is 62.8 Å². The number of hydrogen-bond donors (Lipinski definition) is 0. The summed E-state index contributed by atoms with van der Waals surface area (Å²) >= 11 is 0. The van der Waals surface area contributed by atoms with Crippen molar-refractivity contribution in [1.82, 2.24) is 0 Å². The van der Waals surface area contributed by atoms with Crippen LogP contribution >= 0.6 is 0 Å². The summed E-state index contributed by atoms with van der Waals surface area (Å²) in [6.45, 7) is 4.80. The van der Waals surface area contributed by atoms with Gasteiger partial charge in [0, 0.05) is 5.92 Å². The third-order valence-corrected chi connectivity index (χ3v) is 1.31. The Morgan fingerprint density at radius 3 is 2.70 bits per heavy atom. The van der Waals surface area contributed by atoms with Crippen LogP contribution in [0.3, 0.4) is 0 Å². The van der Waals surface area contributed by atoms with Crippen molar-refractivity contribution < 1.29 is 4.74 Å². The van der Waals surface area contributed by atoms with Crippen LogP contribution in [0.4, 0.5) is 0 Å². The molecular formula is C9H14O. The molecule has 10 heavy (non-hydrogen) atoms. The first kappa shape index (κ1) is 7.63. The zero-order chi connectivity index (χ0) is 7.40. The Bertz CT molecular complexity index is 146. The Hall–Kier alpha value is -0.480. The minimum absolute atomic E-state index is 0.475. The lowest BCUT2D eigenvalue weighted by atomic mass is 10.2. The first-order valence-corrected chi connectivity index (χ1v) is 3.89. The van der Waals surface area contributed by atoms with Gasteiger partial charge in [-0.1, -0.05) is 25.7 Å². The molecule has 0 atom stereocenters. The van der Waals surface area contributed by atoms with Crippen molar-refractivity contribution in [1.29, 1.82) is 0 Å². The topological polar surface area (TPSA) is 9.23 Å². The van der Waals surface area contributed by atoms with Gasteiger partial charge in [-0.05, 0) is 12.8 Å². The molecule has 0 spiro atoms. The fraction of sp³-hybridized carbons (Fsp3) is 0.778. The van der Waals surface area contributed by atoms with Gasteiger partial charge in [0.25, 0.3) is 0 Å². The Morgan fingerprint density at radius 1 is 1.50 bits per heavy atom. The first-order valence-electron chi connectivity index (χ1n) is 3.89. The highest BCUT2D eigenvalue weighted by atomic mass is 16.5. The minimum atomic E-state index is 0.475. The van der Waals surface area contributed by atoms with E-state index in [1.54, 1.807) is 0 Å². The largest absolute Gasteiger partial charge is 0.366 e. The predicted molar refractivity (Wildman–Crippen MR) is 41.6 cm³/mol. The predicted octanol–water partition coefficient (Wildman–Crippen LogP) is 1.82. The van der Waals surface area contributed by atoms with E-state index in [-0.39, 0.29) is 0 Å². The zero-order valence-corrected chi connectivity index (χ0v) is 6.68. The minimum Gasteiger partial charge on any atom is -0.366 e. The second-order valence-electron chi connectivity index (χ2n) is 2.99. The summed E-state index contributed by atoms with van der Waals surface area (Å²) in [6, 6.07) is 0. The van der Waals surface area contributed by atoms with Gasteiger partial charge in [-0.25, -0.2) is 0 Å². The van der Waals surface area contributed by atoms with Crippen molar-refractivity contribution in [2.45, 2.75) is 32.8 Å². The summed E-state index contributed by atoms with van der Waals surface area (Å²) in [5, 5.41) is 0. The van der Waals surface area contributed by atoms with Crippen LogP contribution in [-0.2, 0) is 4.74 Å². The van der Waals surface area contributed by atoms with Crippen molar-refractivity contribution in [2.75, 3.05) is 6.61 Å². The van der Waals surface area contributed by atoms with Crippen molar-refractivity contribution in [2.24, 2.45) is 5.92 Å². The summed E-state index contributed by atoms with van der Waals surface area (Å²) in [5.41, 5.74) is 0. The molecule has 1 aliphatic carbocycles. The maximum atomic E-state index is 5.33. The molecule has 0 radical (unpaired) electrons. The summed E-state index contributed by atoms with van der Waals surface area (Å²) < 4.78 is 5.33. The molecule has 0 aromatic carbocycles. The average molecular weight is 138 g/mol. The van der Waals surface area contributed by atoms with Crippen molar-refractivity contribution in [3.05, 3.63) is 0 Å². The van der Waals surface area contributed by atoms with E-state index in [2.05, 4.69) is 25.7 Å². The standard InChI is InChI=1S/C9H14O/c1-8(2)4-3-7-10-9-5-6-9/h8-9H,5-7H2,1-2H3. The second-order valence-corrected chi connectivity index (χ2v) is 2.99. The normalized spacial score (nSPS) is 16.7. The third-order valence-electron chi connectivity index (χ3n) is 1.31. The van der Waals surface area contributed by atoms with E-state index < -0.39 is 0 Å². The van der Waals surface area contributed by atoms with Crippen LogP contribution < -0.4 is 0 Å². The second kappa shape index (κ2) is 3.63. The molecule has 1 heteroatoms. The lowest BCUT2D eigenvalue weighted by Crippen LogP contribution is -1.93. The quantitative estimate of drug-likeness (QED) is 0.529. The molecule has 1 nitrogen and oxygen atoms in total. The Kier molecular flexibility index (Phi) is 2.77. The van der Waals surface area contributed by atoms with E-state index in [0.717, 1.165) is 0 Å². The number of hydrogen-bond acceptors (Lipinski definition) is 1. The average Bonchev–Trinajstić information content (AvgIpc) is 2.62. The number of rotatable bonds is 2. The van der Waals surface area contributed by atoms with Gasteiger partial charge in [0.15, 0.2) is 0 Å². The van der Waals surface area contributed by atoms with E-state index >= 15 is 0 Å². The molecule has 0 N–H and O–H groups in total. The van der Waals surface area contributed by atoms with Crippen molar-refractivity contribution >= 4 is 0 Å². The van der Waals surface area contributed by atoms with Crippen LogP contribution in [0.5, 0.6) is 0 Å². The molecule has 0 aromatic rings. The molecule has 0 amide bonds. The molecule has 1 rings (SSSR count). The van der Waals surface area contributed by atoms with Crippen LogP contribution in [0.1, 0.15) is 26.7 Å². The van der Waals surface area contributed by atoms with Crippen molar-refractivity contribution in [3.8, 4) is 11.8 Å². The summed E-state index contributed by atoms with van der Waals surface area (Å²) in [6.07, 6.45) is 3.02. The maximum Gasteiger partial charge on any atom is 0.108 e. The van der Waals surface area contributed by atoms with Crippen molar-refractivity contribution in [3.63, 3.8) is 0 Å². The fourth-order valence-electron chi connectivity index (χ4n) is 0.640. The van der Waals surface area contributed by atoms with Gasteiger partial charge in [-0.2, -0.15) is 0 Å². The Balaban J connectivity index is 1.98. The first-order chi connectivity index (χ1) is 4.79. The molecule has 1 saturated carbocycles. The fourth-order valence-corrected chi connectivity index (χ4v) is 0.640. The molecular weight excluding hydrogens is 124 g/mol. The molecule has 0 saturated heterocycles. The highest BCUT2D eigenvalue weighted by Gasteiger charge is 2.20. The third kappa shape index (κ3) is 3.53. The lowest BCUT2D eigenvalue weighted by molar-refractivity contribution is 0.152. The van der Waals surface area contributed by atoms with Gasteiger partial charge in [0.2, 0.25) is 0 Å².